The topological polar surface area (TPSA) is 78.7 Å². The number of carbonyl (C=O) groups excluding carboxylic acids is 2. The molecule has 1 unspecified atom stereocenters. The summed E-state index contributed by atoms with van der Waals surface area (Å²) < 4.78 is 0. The highest BCUT2D eigenvalue weighted by Crippen LogP contribution is 2.15. The molecule has 1 aliphatic rings. The summed E-state index contributed by atoms with van der Waals surface area (Å²) in [5.41, 5.74) is 9.21. The summed E-state index contributed by atoms with van der Waals surface area (Å²) in [7, 11) is 0. The smallest absolute Gasteiger partial charge is 0.244 e. The van der Waals surface area contributed by atoms with E-state index in [1.807, 2.05) is 61.5 Å². The Hall–Kier alpha value is -2.12. The lowest BCUT2D eigenvalue weighted by Crippen LogP contribution is -2.52. The highest BCUT2D eigenvalue weighted by molar-refractivity contribution is 5.85. The lowest BCUT2D eigenvalue weighted by atomic mass is 10.0. The summed E-state index contributed by atoms with van der Waals surface area (Å²) in [6, 6.07) is 17.0. The third-order valence-electron chi connectivity index (χ3n) is 5.09. The molecule has 2 amide bonds. The van der Waals surface area contributed by atoms with Gasteiger partial charge in [0.1, 0.15) is 6.04 Å². The van der Waals surface area contributed by atoms with E-state index in [1.165, 1.54) is 0 Å². The molecule has 1 atom stereocenters. The van der Waals surface area contributed by atoms with Crippen molar-refractivity contribution in [3.8, 4) is 0 Å². The Morgan fingerprint density at radius 2 is 1.57 bits per heavy atom. The van der Waals surface area contributed by atoms with E-state index >= 15 is 0 Å². The molecule has 0 spiro atoms. The minimum Gasteiger partial charge on any atom is -0.351 e. The second kappa shape index (κ2) is 12.5. The lowest BCUT2D eigenvalue weighted by molar-refractivity contribution is -0.134. The Balaban J connectivity index is 0.00000225. The first-order valence-electron chi connectivity index (χ1n) is 9.67. The maximum atomic E-state index is 12.7. The van der Waals surface area contributed by atoms with Crippen LogP contribution in [0.3, 0.4) is 0 Å². The van der Waals surface area contributed by atoms with Gasteiger partial charge >= 0.3 is 0 Å². The molecule has 6 nitrogen and oxygen atoms in total. The van der Waals surface area contributed by atoms with Gasteiger partial charge < -0.3 is 16.0 Å². The molecule has 2 aromatic rings. The maximum absolute atomic E-state index is 12.7. The van der Waals surface area contributed by atoms with Crippen LogP contribution in [0.5, 0.6) is 0 Å². The molecule has 1 saturated heterocycles. The fourth-order valence-corrected chi connectivity index (χ4v) is 3.29. The van der Waals surface area contributed by atoms with Crippen molar-refractivity contribution in [1.29, 1.82) is 0 Å². The summed E-state index contributed by atoms with van der Waals surface area (Å²) >= 11 is 0. The molecule has 0 bridgehead atoms. The number of nitrogens with two attached hydrogens (primary N) is 1. The SMILES string of the molecule is Cc1ccc(C(N)C(=O)N2CCN(CC(=O)NCc3ccccc3)CC2)cc1.Cl.Cl. The van der Waals surface area contributed by atoms with Crippen LogP contribution in [-0.4, -0.2) is 54.3 Å². The normalized spacial score (nSPS) is 14.8. The molecule has 3 N–H and O–H groups in total. The van der Waals surface area contributed by atoms with E-state index in [4.69, 9.17) is 5.73 Å². The zero-order valence-corrected chi connectivity index (χ0v) is 18.8. The number of hydrogen-bond acceptors (Lipinski definition) is 4. The number of nitrogens with one attached hydrogen (secondary N) is 1. The zero-order valence-electron chi connectivity index (χ0n) is 17.1. The molecule has 3 rings (SSSR count). The maximum Gasteiger partial charge on any atom is 0.244 e. The molecule has 8 heteroatoms. The number of amides is 2. The Labute approximate surface area is 190 Å². The third kappa shape index (κ3) is 7.29. The number of nitrogens with zero attached hydrogens (tertiary/aromatic N) is 2. The van der Waals surface area contributed by atoms with Gasteiger partial charge in [-0.2, -0.15) is 0 Å². The van der Waals surface area contributed by atoms with Crippen molar-refractivity contribution >= 4 is 36.6 Å². The first-order chi connectivity index (χ1) is 13.5. The van der Waals surface area contributed by atoms with Crippen molar-refractivity contribution in [2.24, 2.45) is 5.73 Å². The van der Waals surface area contributed by atoms with Crippen LogP contribution in [0.15, 0.2) is 54.6 Å². The lowest BCUT2D eigenvalue weighted by Gasteiger charge is -2.35. The van der Waals surface area contributed by atoms with Crippen molar-refractivity contribution in [2.45, 2.75) is 19.5 Å². The Kier molecular flexibility index (Phi) is 10.8. The minimum absolute atomic E-state index is 0. The van der Waals surface area contributed by atoms with E-state index in [9.17, 15) is 9.59 Å². The van der Waals surface area contributed by atoms with Gasteiger partial charge in [0.25, 0.3) is 0 Å². The van der Waals surface area contributed by atoms with Gasteiger partial charge in [0.2, 0.25) is 11.8 Å². The van der Waals surface area contributed by atoms with Crippen molar-refractivity contribution in [3.63, 3.8) is 0 Å². The van der Waals surface area contributed by atoms with Crippen molar-refractivity contribution in [2.75, 3.05) is 32.7 Å². The van der Waals surface area contributed by atoms with Gasteiger partial charge in [-0.3, -0.25) is 14.5 Å². The number of rotatable bonds is 6. The molecule has 0 radical (unpaired) electrons. The first kappa shape index (κ1) is 25.9. The van der Waals surface area contributed by atoms with Gasteiger partial charge in [-0.15, -0.1) is 24.8 Å². The standard InChI is InChI=1S/C22H28N4O2.2ClH/c1-17-7-9-19(10-8-17)21(23)22(28)26-13-11-25(12-14-26)16-20(27)24-15-18-5-3-2-4-6-18;;/h2-10,21H,11-16,23H2,1H3,(H,24,27);2*1H. The average Bonchev–Trinajstić information content (AvgIpc) is 2.73. The monoisotopic (exact) mass is 452 g/mol. The van der Waals surface area contributed by atoms with E-state index in [0.717, 1.165) is 16.7 Å². The predicted octanol–water partition coefficient (Wildman–Crippen LogP) is 2.30. The van der Waals surface area contributed by atoms with Crippen LogP contribution in [0.2, 0.25) is 0 Å². The van der Waals surface area contributed by atoms with Gasteiger partial charge in [0.15, 0.2) is 0 Å². The van der Waals surface area contributed by atoms with Gasteiger partial charge in [-0.25, -0.2) is 0 Å². The number of aryl methyl sites for hydroxylation is 1. The summed E-state index contributed by atoms with van der Waals surface area (Å²) in [5.74, 6) is -0.0583. The number of piperazine rings is 1. The molecule has 1 fully saturated rings. The molecule has 1 aliphatic heterocycles. The van der Waals surface area contributed by atoms with Crippen LogP contribution in [0.25, 0.3) is 0 Å². The van der Waals surface area contributed by atoms with E-state index in [1.54, 1.807) is 4.90 Å². The molecule has 0 aromatic heterocycles. The van der Waals surface area contributed by atoms with Gasteiger partial charge in [-0.1, -0.05) is 60.2 Å². The Morgan fingerprint density at radius 3 is 2.17 bits per heavy atom. The van der Waals surface area contributed by atoms with Crippen LogP contribution in [-0.2, 0) is 16.1 Å². The van der Waals surface area contributed by atoms with Crippen LogP contribution in [0, 0.1) is 6.92 Å². The fraction of sp³-hybridized carbons (Fsp3) is 0.364. The van der Waals surface area contributed by atoms with E-state index in [2.05, 4.69) is 10.2 Å². The van der Waals surface area contributed by atoms with E-state index < -0.39 is 6.04 Å². The van der Waals surface area contributed by atoms with E-state index in [-0.39, 0.29) is 36.6 Å². The average molecular weight is 453 g/mol. The van der Waals surface area contributed by atoms with Gasteiger partial charge in [-0.05, 0) is 18.1 Å². The quantitative estimate of drug-likeness (QED) is 0.704. The summed E-state index contributed by atoms with van der Waals surface area (Å²) in [6.07, 6.45) is 0. The Bertz CT molecular complexity index is 795. The molecule has 1 heterocycles. The number of carbonyl (C=O) groups is 2. The summed E-state index contributed by atoms with van der Waals surface area (Å²) in [6.45, 7) is 5.40. The molecule has 30 heavy (non-hydrogen) atoms. The number of benzene rings is 2. The van der Waals surface area contributed by atoms with Crippen molar-refractivity contribution in [1.82, 2.24) is 15.1 Å². The minimum atomic E-state index is -0.638. The highest BCUT2D eigenvalue weighted by Gasteiger charge is 2.26. The number of hydrogen-bond donors (Lipinski definition) is 2. The second-order valence-electron chi connectivity index (χ2n) is 7.25. The fourth-order valence-electron chi connectivity index (χ4n) is 3.29. The van der Waals surface area contributed by atoms with Gasteiger partial charge in [0.05, 0.1) is 6.54 Å². The molecule has 0 saturated carbocycles. The summed E-state index contributed by atoms with van der Waals surface area (Å²) in [4.78, 5) is 28.7. The second-order valence-corrected chi connectivity index (χ2v) is 7.25. The largest absolute Gasteiger partial charge is 0.351 e. The molecule has 164 valence electrons. The van der Waals surface area contributed by atoms with Crippen LogP contribution >= 0.6 is 24.8 Å². The third-order valence-corrected chi connectivity index (χ3v) is 5.09. The van der Waals surface area contributed by atoms with Crippen LogP contribution < -0.4 is 11.1 Å². The molecular formula is C22H30Cl2N4O2. The molecule has 0 aliphatic carbocycles. The van der Waals surface area contributed by atoms with Crippen molar-refractivity contribution in [3.05, 3.63) is 71.3 Å². The van der Waals surface area contributed by atoms with Gasteiger partial charge in [0, 0.05) is 32.7 Å². The highest BCUT2D eigenvalue weighted by atomic mass is 35.5. The summed E-state index contributed by atoms with van der Waals surface area (Å²) in [5, 5.41) is 2.94. The molecule has 2 aromatic carbocycles. The molecular weight excluding hydrogens is 423 g/mol. The Morgan fingerprint density at radius 1 is 0.967 bits per heavy atom. The predicted molar refractivity (Wildman–Crippen MR) is 124 cm³/mol. The van der Waals surface area contributed by atoms with Crippen molar-refractivity contribution < 1.29 is 9.59 Å². The zero-order chi connectivity index (χ0) is 19.9. The van der Waals surface area contributed by atoms with Crippen LogP contribution in [0.4, 0.5) is 0 Å². The van der Waals surface area contributed by atoms with E-state index in [0.29, 0.717) is 39.3 Å². The first-order valence-corrected chi connectivity index (χ1v) is 9.67. The van der Waals surface area contributed by atoms with Crippen LogP contribution in [0.1, 0.15) is 22.7 Å². The number of halogens is 2.